The van der Waals surface area contributed by atoms with Gasteiger partial charge >= 0.3 is 0 Å². The van der Waals surface area contributed by atoms with E-state index < -0.39 is 22.8 Å². The molecule has 0 spiro atoms. The third-order valence-corrected chi connectivity index (χ3v) is 9.56. The van der Waals surface area contributed by atoms with E-state index >= 15 is 0 Å². The Kier molecular flexibility index (Phi) is 9.00. The van der Waals surface area contributed by atoms with Crippen molar-refractivity contribution in [3.8, 4) is 11.5 Å². The Morgan fingerprint density at radius 2 is 1.42 bits per heavy atom. The van der Waals surface area contributed by atoms with Crippen LogP contribution in [0.2, 0.25) is 0 Å². The minimum Gasteiger partial charge on any atom is -0.492 e. The van der Waals surface area contributed by atoms with Crippen molar-refractivity contribution < 1.29 is 28.7 Å². The quantitative estimate of drug-likeness (QED) is 0.254. The topological polar surface area (TPSA) is 114 Å². The van der Waals surface area contributed by atoms with Crippen LogP contribution in [0.1, 0.15) is 63.4 Å². The number of hydrogen-bond acceptors (Lipinski definition) is 6. The highest BCUT2D eigenvalue weighted by molar-refractivity contribution is 6.10. The number of ether oxygens (including phenoxy) is 2. The summed E-state index contributed by atoms with van der Waals surface area (Å²) >= 11 is 0. The van der Waals surface area contributed by atoms with Crippen molar-refractivity contribution >= 4 is 35.0 Å². The molecule has 5 rings (SSSR count). The van der Waals surface area contributed by atoms with Gasteiger partial charge in [0.2, 0.25) is 17.7 Å². The van der Waals surface area contributed by atoms with E-state index in [0.717, 1.165) is 5.56 Å². The van der Waals surface area contributed by atoms with Crippen LogP contribution >= 0.6 is 0 Å². The van der Waals surface area contributed by atoms with Gasteiger partial charge in [-0.15, -0.1) is 0 Å². The van der Waals surface area contributed by atoms with Crippen molar-refractivity contribution in [3.05, 3.63) is 83.9 Å². The first-order valence-electron chi connectivity index (χ1n) is 15.5. The molecule has 2 aliphatic rings. The second-order valence-corrected chi connectivity index (χ2v) is 12.4. The number of carbonyl (C=O) groups is 4. The predicted molar refractivity (Wildman–Crippen MR) is 172 cm³/mol. The molecule has 1 heterocycles. The molecule has 45 heavy (non-hydrogen) atoms. The highest BCUT2D eigenvalue weighted by Crippen LogP contribution is 2.60. The number of likely N-dealkylation sites (tertiary alicyclic amines) is 1. The van der Waals surface area contributed by atoms with E-state index in [1.54, 1.807) is 36.4 Å². The van der Waals surface area contributed by atoms with Gasteiger partial charge in [-0.1, -0.05) is 69.3 Å². The molecule has 3 aromatic rings. The molecule has 2 bridgehead atoms. The number of nitrogens with zero attached hydrogens (tertiary/aromatic N) is 1. The first kappa shape index (κ1) is 31.8. The Labute approximate surface area is 264 Å². The largest absolute Gasteiger partial charge is 0.492 e. The zero-order valence-electron chi connectivity index (χ0n) is 26.5. The van der Waals surface area contributed by atoms with Crippen LogP contribution in [0.3, 0.4) is 0 Å². The van der Waals surface area contributed by atoms with Gasteiger partial charge in [0.05, 0.1) is 30.0 Å². The molecular formula is C36H41N3O6. The number of nitrogens with one attached hydrogen (secondary N) is 2. The average Bonchev–Trinajstić information content (AvgIpc) is 3.21. The molecule has 2 N–H and O–H groups in total. The van der Waals surface area contributed by atoms with E-state index in [2.05, 4.69) is 10.6 Å². The Bertz CT molecular complexity index is 1590. The lowest BCUT2D eigenvalue weighted by Gasteiger charge is -2.49. The van der Waals surface area contributed by atoms with Gasteiger partial charge in [-0.3, -0.25) is 24.1 Å². The van der Waals surface area contributed by atoms with E-state index in [0.29, 0.717) is 47.9 Å². The van der Waals surface area contributed by atoms with Gasteiger partial charge in [0, 0.05) is 30.0 Å². The number of hydrogen-bond donors (Lipinski definition) is 2. The van der Waals surface area contributed by atoms with Crippen LogP contribution in [0, 0.1) is 16.7 Å². The van der Waals surface area contributed by atoms with Gasteiger partial charge in [-0.2, -0.15) is 0 Å². The zero-order valence-corrected chi connectivity index (χ0v) is 26.5. The van der Waals surface area contributed by atoms with Crippen molar-refractivity contribution in [2.24, 2.45) is 16.7 Å². The van der Waals surface area contributed by atoms with Crippen LogP contribution in [-0.4, -0.2) is 47.8 Å². The lowest BCUT2D eigenvalue weighted by molar-refractivity contribution is -0.172. The van der Waals surface area contributed by atoms with Crippen LogP contribution in [-0.2, 0) is 20.8 Å². The molecule has 1 aliphatic heterocycles. The third-order valence-electron chi connectivity index (χ3n) is 9.56. The second kappa shape index (κ2) is 12.8. The van der Waals surface area contributed by atoms with Crippen molar-refractivity contribution in [3.63, 3.8) is 0 Å². The first-order chi connectivity index (χ1) is 21.5. The highest BCUT2D eigenvalue weighted by Gasteiger charge is 2.65. The Hall–Kier alpha value is -4.66. The van der Waals surface area contributed by atoms with Crippen molar-refractivity contribution in [1.82, 2.24) is 4.90 Å². The summed E-state index contributed by atoms with van der Waals surface area (Å²) < 4.78 is 11.8. The zero-order chi connectivity index (χ0) is 32.4. The minimum absolute atomic E-state index is 0.154. The Morgan fingerprint density at radius 1 is 0.867 bits per heavy atom. The molecule has 9 nitrogen and oxygen atoms in total. The lowest BCUT2D eigenvalue weighted by atomic mass is 9.62. The van der Waals surface area contributed by atoms with Crippen LogP contribution in [0.15, 0.2) is 72.8 Å². The predicted octanol–water partition coefficient (Wildman–Crippen LogP) is 6.10. The smallest absolute Gasteiger partial charge is 0.255 e. The monoisotopic (exact) mass is 611 g/mol. The van der Waals surface area contributed by atoms with Crippen LogP contribution in [0.5, 0.6) is 11.5 Å². The third kappa shape index (κ3) is 5.91. The molecule has 0 aromatic heterocycles. The normalized spacial score (nSPS) is 20.8. The van der Waals surface area contributed by atoms with Crippen LogP contribution in [0.25, 0.3) is 0 Å². The molecule has 236 valence electrons. The number of piperidine rings is 1. The van der Waals surface area contributed by atoms with E-state index in [-0.39, 0.29) is 36.7 Å². The van der Waals surface area contributed by atoms with Gasteiger partial charge in [0.15, 0.2) is 0 Å². The number of anilines is 2. The molecule has 3 aromatic carbocycles. The summed E-state index contributed by atoms with van der Waals surface area (Å²) in [5, 5.41) is 5.83. The number of fused-ring (bicyclic) bond motifs is 2. The SMILES string of the molecule is CCOc1cc(NC(=O)C(Cc2ccccc2)N2C(=O)C3CCC(C)(C2=O)C3(C)C)c(OCC)cc1NC(=O)c1ccccc1. The van der Waals surface area contributed by atoms with Crippen molar-refractivity contribution in [2.75, 3.05) is 23.8 Å². The molecular weight excluding hydrogens is 570 g/mol. The highest BCUT2D eigenvalue weighted by atomic mass is 16.5. The van der Waals surface area contributed by atoms with E-state index in [4.69, 9.17) is 9.47 Å². The van der Waals surface area contributed by atoms with Crippen LogP contribution in [0.4, 0.5) is 11.4 Å². The number of amides is 4. The lowest BCUT2D eigenvalue weighted by Crippen LogP contribution is -2.64. The van der Waals surface area contributed by atoms with E-state index in [1.165, 1.54) is 4.90 Å². The summed E-state index contributed by atoms with van der Waals surface area (Å²) in [6, 6.07) is 20.3. The summed E-state index contributed by atoms with van der Waals surface area (Å²) in [5.74, 6) is -1.20. The second-order valence-electron chi connectivity index (χ2n) is 12.4. The molecule has 3 unspecified atom stereocenters. The average molecular weight is 612 g/mol. The van der Waals surface area contributed by atoms with Crippen molar-refractivity contribution in [2.45, 2.75) is 59.9 Å². The summed E-state index contributed by atoms with van der Waals surface area (Å²) in [4.78, 5) is 56.5. The van der Waals surface area contributed by atoms with Crippen LogP contribution < -0.4 is 20.1 Å². The summed E-state index contributed by atoms with van der Waals surface area (Å²) in [7, 11) is 0. The number of benzene rings is 3. The van der Waals surface area contributed by atoms with Gasteiger partial charge in [0.1, 0.15) is 17.5 Å². The molecule has 4 amide bonds. The number of rotatable bonds is 11. The standard InChI is InChI=1S/C36H41N3O6/c1-6-44-29-22-27(30(45-7-2)21-26(29)37-31(40)24-16-12-9-13-17-24)38-32(41)28(20-23-14-10-8-11-15-23)39-33(42)25-18-19-36(5,34(39)43)35(25,3)4/h8-17,21-22,25,28H,6-7,18-20H2,1-5H3,(H,37,40)(H,38,41). The molecule has 3 atom stereocenters. The fraction of sp³-hybridized carbons (Fsp3) is 0.389. The maximum atomic E-state index is 14.3. The number of carbonyl (C=O) groups excluding carboxylic acids is 4. The van der Waals surface area contributed by atoms with Crippen molar-refractivity contribution in [1.29, 1.82) is 0 Å². The Balaban J connectivity index is 1.51. The van der Waals surface area contributed by atoms with E-state index in [9.17, 15) is 19.2 Å². The Morgan fingerprint density at radius 3 is 2.00 bits per heavy atom. The summed E-state index contributed by atoms with van der Waals surface area (Å²) in [5.41, 5.74) is 0.687. The van der Waals surface area contributed by atoms with Gasteiger partial charge in [0.25, 0.3) is 5.91 Å². The maximum Gasteiger partial charge on any atom is 0.255 e. The maximum absolute atomic E-state index is 14.3. The van der Waals surface area contributed by atoms with E-state index in [1.807, 2.05) is 71.0 Å². The summed E-state index contributed by atoms with van der Waals surface area (Å²) in [6.07, 6.45) is 1.35. The summed E-state index contributed by atoms with van der Waals surface area (Å²) in [6.45, 7) is 10.1. The van der Waals surface area contributed by atoms with Gasteiger partial charge in [-0.05, 0) is 49.8 Å². The molecule has 9 heteroatoms. The fourth-order valence-corrected chi connectivity index (χ4v) is 6.59. The molecule has 0 radical (unpaired) electrons. The minimum atomic E-state index is -1.09. The molecule has 1 aliphatic carbocycles. The molecule has 1 saturated carbocycles. The fourth-order valence-electron chi connectivity index (χ4n) is 6.59. The van der Waals surface area contributed by atoms with Gasteiger partial charge in [-0.25, -0.2) is 0 Å². The van der Waals surface area contributed by atoms with Gasteiger partial charge < -0.3 is 20.1 Å². The molecule has 2 fully saturated rings. The first-order valence-corrected chi connectivity index (χ1v) is 15.5. The molecule has 1 saturated heterocycles. The number of imide groups is 1.